The van der Waals surface area contributed by atoms with Crippen LogP contribution in [0.3, 0.4) is 0 Å². The maximum absolute atomic E-state index is 13.6. The molecule has 1 unspecified atom stereocenters. The van der Waals surface area contributed by atoms with Crippen LogP contribution in [0.1, 0.15) is 43.7 Å². The second-order valence-electron chi connectivity index (χ2n) is 10.9. The quantitative estimate of drug-likeness (QED) is 0.403. The Bertz CT molecular complexity index is 1250. The van der Waals surface area contributed by atoms with Gasteiger partial charge in [-0.25, -0.2) is 4.39 Å². The number of hydrogen-bond donors (Lipinski definition) is 5. The molecule has 3 aliphatic rings. The first-order chi connectivity index (χ1) is 18.1. The number of carbonyl (C=O) groups is 1. The normalized spacial score (nSPS) is 30.8. The number of aliphatic hydroxyl groups excluding tert-OH is 4. The molecule has 6 atom stereocenters. The number of nitrogens with one attached hydrogen (secondary N) is 1. The molecule has 2 aliphatic heterocycles. The van der Waals surface area contributed by atoms with Gasteiger partial charge in [-0.2, -0.15) is 0 Å². The Hall–Kier alpha value is -3.08. The topological polar surface area (TPSA) is 128 Å². The minimum absolute atomic E-state index is 0.0739. The summed E-state index contributed by atoms with van der Waals surface area (Å²) >= 11 is 0. The van der Waals surface area contributed by atoms with E-state index < -0.39 is 37.3 Å². The van der Waals surface area contributed by atoms with Gasteiger partial charge in [0.25, 0.3) is 0 Å². The van der Waals surface area contributed by atoms with Crippen LogP contribution < -0.4 is 10.1 Å². The van der Waals surface area contributed by atoms with Gasteiger partial charge < -0.3 is 35.2 Å². The zero-order valence-corrected chi connectivity index (χ0v) is 21.2. The van der Waals surface area contributed by atoms with Gasteiger partial charge in [0.1, 0.15) is 36.0 Å². The van der Waals surface area contributed by atoms with Gasteiger partial charge >= 0.3 is 0 Å². The van der Waals surface area contributed by atoms with Crippen LogP contribution in [0.2, 0.25) is 0 Å². The molecule has 1 fully saturated rings. The van der Waals surface area contributed by atoms with Crippen LogP contribution in [0.4, 0.5) is 4.39 Å². The molecule has 38 heavy (non-hydrogen) atoms. The summed E-state index contributed by atoms with van der Waals surface area (Å²) < 4.78 is 24.7. The minimum Gasteiger partial charge on any atom is -0.462 e. The number of benzene rings is 2. The van der Waals surface area contributed by atoms with E-state index in [1.807, 2.05) is 18.2 Å². The van der Waals surface area contributed by atoms with Crippen molar-refractivity contribution in [2.24, 2.45) is 5.41 Å². The Morgan fingerprint density at radius 3 is 2.34 bits per heavy atom. The van der Waals surface area contributed by atoms with Gasteiger partial charge in [0.15, 0.2) is 5.78 Å². The molecule has 5 N–H and O–H groups in total. The zero-order chi connectivity index (χ0) is 27.2. The number of allylic oxidation sites excluding steroid dienone is 3. The molecule has 202 valence electrons. The fraction of sp³-hybridized carbons (Fsp3) is 0.414. The lowest BCUT2D eigenvalue weighted by atomic mass is 9.70. The van der Waals surface area contributed by atoms with Crippen LogP contribution in [0, 0.1) is 11.2 Å². The third-order valence-electron chi connectivity index (χ3n) is 7.34. The van der Waals surface area contributed by atoms with Crippen LogP contribution in [0.5, 0.6) is 5.75 Å². The maximum Gasteiger partial charge on any atom is 0.229 e. The molecule has 0 saturated carbocycles. The van der Waals surface area contributed by atoms with Crippen LogP contribution in [-0.2, 0) is 9.53 Å². The highest BCUT2D eigenvalue weighted by molar-refractivity contribution is 6.00. The lowest BCUT2D eigenvalue weighted by Gasteiger charge is -2.39. The van der Waals surface area contributed by atoms with E-state index in [1.165, 1.54) is 12.1 Å². The molecule has 5 rings (SSSR count). The predicted molar refractivity (Wildman–Crippen MR) is 136 cm³/mol. The van der Waals surface area contributed by atoms with Gasteiger partial charge in [0.2, 0.25) is 6.29 Å². The molecular formula is C29H32FNO7. The number of dihydropyridines is 1. The van der Waals surface area contributed by atoms with Crippen molar-refractivity contribution >= 4 is 11.5 Å². The van der Waals surface area contributed by atoms with E-state index in [0.29, 0.717) is 24.2 Å². The van der Waals surface area contributed by atoms with Crippen LogP contribution in [-0.4, -0.2) is 63.5 Å². The van der Waals surface area contributed by atoms with Crippen molar-refractivity contribution in [2.75, 3.05) is 6.61 Å². The van der Waals surface area contributed by atoms with Crippen molar-refractivity contribution in [3.8, 4) is 5.75 Å². The highest BCUT2D eigenvalue weighted by atomic mass is 19.1. The van der Waals surface area contributed by atoms with Gasteiger partial charge in [-0.05, 0) is 53.3 Å². The number of ether oxygens (including phenoxy) is 2. The average Bonchev–Trinajstić information content (AvgIpc) is 2.88. The Balaban J connectivity index is 1.44. The average molecular weight is 526 g/mol. The Morgan fingerprint density at radius 2 is 1.68 bits per heavy atom. The number of Topliss-reactive ketones (excluding diaryl/α,β-unsaturated/α-hetero) is 1. The van der Waals surface area contributed by atoms with Crippen molar-refractivity contribution in [1.82, 2.24) is 5.32 Å². The molecule has 1 saturated heterocycles. The van der Waals surface area contributed by atoms with E-state index in [2.05, 4.69) is 19.2 Å². The summed E-state index contributed by atoms with van der Waals surface area (Å²) in [7, 11) is 0. The van der Waals surface area contributed by atoms with Gasteiger partial charge in [-0.3, -0.25) is 4.79 Å². The smallest absolute Gasteiger partial charge is 0.229 e. The molecule has 1 aliphatic carbocycles. The molecular weight excluding hydrogens is 493 g/mol. The first-order valence-electron chi connectivity index (χ1n) is 12.6. The van der Waals surface area contributed by atoms with Crippen molar-refractivity contribution in [3.05, 3.63) is 82.8 Å². The molecule has 0 radical (unpaired) electrons. The summed E-state index contributed by atoms with van der Waals surface area (Å²) in [6, 6.07) is 13.2. The van der Waals surface area contributed by atoms with Crippen molar-refractivity contribution in [1.29, 1.82) is 0 Å². The molecule has 0 spiro atoms. The van der Waals surface area contributed by atoms with Crippen LogP contribution in [0.15, 0.2) is 65.9 Å². The predicted octanol–water partition coefficient (Wildman–Crippen LogP) is 2.38. The first-order valence-corrected chi connectivity index (χ1v) is 12.6. The fourth-order valence-electron chi connectivity index (χ4n) is 5.37. The third kappa shape index (κ3) is 5.12. The largest absolute Gasteiger partial charge is 0.462 e. The lowest BCUT2D eigenvalue weighted by Crippen LogP contribution is -2.60. The monoisotopic (exact) mass is 525 g/mol. The minimum atomic E-state index is -1.54. The van der Waals surface area contributed by atoms with E-state index in [9.17, 15) is 29.6 Å². The lowest BCUT2D eigenvalue weighted by molar-refractivity contribution is -0.277. The summed E-state index contributed by atoms with van der Waals surface area (Å²) in [6.45, 7) is 3.57. The second kappa shape index (κ2) is 10.2. The molecule has 8 nitrogen and oxygen atoms in total. The van der Waals surface area contributed by atoms with E-state index in [1.54, 1.807) is 24.3 Å². The highest BCUT2D eigenvalue weighted by Crippen LogP contribution is 2.45. The maximum atomic E-state index is 13.6. The number of carbonyl (C=O) groups excluding carboxylic acids is 1. The summed E-state index contributed by atoms with van der Waals surface area (Å²) in [5.74, 6) is -0.258. The number of aliphatic hydroxyl groups is 4. The SMILES string of the molecule is CC1(C)CC(=O)C2=C(C1)NC(c1ccc(F)cc1)=CC2c1ccc(O[C@@H]2O[C@H](CO)[C@@H](O)[C@@H](O)[C@H]2O)cc1. The number of hydrogen-bond acceptors (Lipinski definition) is 8. The summed E-state index contributed by atoms with van der Waals surface area (Å²) in [4.78, 5) is 13.3. The first kappa shape index (κ1) is 26.5. The second-order valence-corrected chi connectivity index (χ2v) is 10.9. The van der Waals surface area contributed by atoms with E-state index in [-0.39, 0.29) is 22.9 Å². The summed E-state index contributed by atoms with van der Waals surface area (Å²) in [5, 5.41) is 43.1. The van der Waals surface area contributed by atoms with E-state index in [4.69, 9.17) is 9.47 Å². The Labute approximate surface area is 220 Å². The van der Waals surface area contributed by atoms with Crippen molar-refractivity contribution < 1.29 is 39.1 Å². The Morgan fingerprint density at radius 1 is 1.00 bits per heavy atom. The van der Waals surface area contributed by atoms with Gasteiger partial charge in [0, 0.05) is 29.3 Å². The van der Waals surface area contributed by atoms with Crippen molar-refractivity contribution in [3.63, 3.8) is 0 Å². The Kier molecular flexibility index (Phi) is 7.15. The fourth-order valence-corrected chi connectivity index (χ4v) is 5.37. The van der Waals surface area contributed by atoms with Crippen LogP contribution >= 0.6 is 0 Å². The molecule has 9 heteroatoms. The highest BCUT2D eigenvalue weighted by Gasteiger charge is 2.45. The molecule has 2 aromatic rings. The van der Waals surface area contributed by atoms with Crippen LogP contribution in [0.25, 0.3) is 5.70 Å². The standard InChI is InChI=1S/C29H32FNO7/c1-29(2)12-21-24(22(33)13-29)19(11-20(31-21)16-3-7-17(30)8-4-16)15-5-9-18(10-6-15)37-28-27(36)26(35)25(34)23(14-32)38-28/h3-11,19,23,25-28,31-32,34-36H,12-14H2,1-2H3/t19?,23-,25-,26-,27-,28-/m1/s1. The molecule has 0 amide bonds. The summed E-state index contributed by atoms with van der Waals surface area (Å²) in [5.41, 5.74) is 3.81. The van der Waals surface area contributed by atoms with E-state index in [0.717, 1.165) is 22.5 Å². The van der Waals surface area contributed by atoms with Gasteiger partial charge in [-0.1, -0.05) is 38.1 Å². The summed E-state index contributed by atoms with van der Waals surface area (Å²) in [6.07, 6.45) is -3.80. The van der Waals surface area contributed by atoms with Crippen molar-refractivity contribution in [2.45, 2.75) is 63.3 Å². The number of ketones is 1. The number of rotatable bonds is 5. The number of halogens is 1. The van der Waals surface area contributed by atoms with Gasteiger partial charge in [0.05, 0.1) is 6.61 Å². The molecule has 2 aromatic carbocycles. The molecule has 2 heterocycles. The van der Waals surface area contributed by atoms with Gasteiger partial charge in [-0.15, -0.1) is 0 Å². The molecule has 0 aromatic heterocycles. The van der Waals surface area contributed by atoms with E-state index >= 15 is 0 Å². The zero-order valence-electron chi connectivity index (χ0n) is 21.2. The molecule has 0 bridgehead atoms. The third-order valence-corrected chi connectivity index (χ3v) is 7.34.